The molecule has 0 bridgehead atoms. The van der Waals surface area contributed by atoms with Gasteiger partial charge in [-0.1, -0.05) is 167 Å². The molecule has 0 aromatic carbocycles. The molecule has 62 heavy (non-hydrogen) atoms. The molecule has 0 aliphatic carbocycles. The fourth-order valence-corrected chi connectivity index (χ4v) is 6.10. The lowest BCUT2D eigenvalue weighted by molar-refractivity contribution is -0.887. The molecule has 0 spiro atoms. The van der Waals surface area contributed by atoms with Crippen LogP contribution in [-0.2, 0) is 28.6 Å². The second-order valence-electron chi connectivity index (χ2n) is 16.3. The van der Waals surface area contributed by atoms with Crippen LogP contribution in [0.4, 0.5) is 0 Å². The summed E-state index contributed by atoms with van der Waals surface area (Å²) in [6, 6.07) is -0.632. The number of carbonyl (C=O) groups excluding carboxylic acids is 2. The highest BCUT2D eigenvalue weighted by Gasteiger charge is 2.31. The molecule has 0 amide bonds. The second-order valence-corrected chi connectivity index (χ2v) is 16.3. The van der Waals surface area contributed by atoms with Gasteiger partial charge in [-0.05, 0) is 83.5 Å². The van der Waals surface area contributed by atoms with Gasteiger partial charge in [0.15, 0.2) is 12.1 Å². The average Bonchev–Trinajstić information content (AvgIpc) is 3.23. The zero-order valence-corrected chi connectivity index (χ0v) is 39.5. The molecule has 1 N–H and O–H groups in total. The fraction of sp³-hybridized carbons (Fsp3) is 0.574. The van der Waals surface area contributed by atoms with Gasteiger partial charge in [0.2, 0.25) is 0 Å². The van der Waals surface area contributed by atoms with Crippen molar-refractivity contribution in [1.29, 1.82) is 0 Å². The smallest absolute Gasteiger partial charge is 0.362 e. The molecule has 0 fully saturated rings. The van der Waals surface area contributed by atoms with Gasteiger partial charge in [0.25, 0.3) is 0 Å². The Hall–Kier alpha value is -4.27. The number of rotatable bonds is 40. The molecule has 8 heteroatoms. The maximum Gasteiger partial charge on any atom is 0.362 e. The van der Waals surface area contributed by atoms with Crippen molar-refractivity contribution in [3.63, 3.8) is 0 Å². The van der Waals surface area contributed by atoms with E-state index in [9.17, 15) is 19.5 Å². The molecule has 348 valence electrons. The highest BCUT2D eigenvalue weighted by Crippen LogP contribution is 2.12. The molecule has 0 saturated carbocycles. The number of carboxylic acids is 1. The van der Waals surface area contributed by atoms with Crippen molar-refractivity contribution in [2.45, 2.75) is 161 Å². The summed E-state index contributed by atoms with van der Waals surface area (Å²) in [5.74, 6) is -1.55. The Labute approximate surface area is 378 Å². The van der Waals surface area contributed by atoms with Crippen molar-refractivity contribution in [2.24, 2.45) is 0 Å². The van der Waals surface area contributed by atoms with Crippen molar-refractivity contribution in [3.05, 3.63) is 122 Å². The van der Waals surface area contributed by atoms with Crippen LogP contribution in [0, 0.1) is 0 Å². The topological polar surface area (TPSA) is 99.1 Å². The number of quaternary nitrogens is 1. The number of nitrogens with zero attached hydrogens (tertiary/aromatic N) is 1. The Bertz CT molecular complexity index is 1420. The van der Waals surface area contributed by atoms with Gasteiger partial charge < -0.3 is 23.8 Å². The molecule has 0 heterocycles. The van der Waals surface area contributed by atoms with Gasteiger partial charge in [0, 0.05) is 19.3 Å². The summed E-state index contributed by atoms with van der Waals surface area (Å²) in [4.78, 5) is 37.1. The summed E-state index contributed by atoms with van der Waals surface area (Å²) >= 11 is 0. The van der Waals surface area contributed by atoms with Crippen LogP contribution in [0.15, 0.2) is 122 Å². The van der Waals surface area contributed by atoms with Gasteiger partial charge in [-0.2, -0.15) is 0 Å². The third-order valence-corrected chi connectivity index (χ3v) is 9.70. The Morgan fingerprint density at radius 3 is 1.45 bits per heavy atom. The third-order valence-electron chi connectivity index (χ3n) is 9.70. The van der Waals surface area contributed by atoms with E-state index in [1.54, 1.807) is 0 Å². The molecule has 8 nitrogen and oxygen atoms in total. The van der Waals surface area contributed by atoms with Gasteiger partial charge in [-0.25, -0.2) is 4.79 Å². The van der Waals surface area contributed by atoms with Crippen molar-refractivity contribution >= 4 is 17.9 Å². The van der Waals surface area contributed by atoms with Gasteiger partial charge in [-0.15, -0.1) is 0 Å². The van der Waals surface area contributed by atoms with Crippen molar-refractivity contribution in [3.8, 4) is 0 Å². The van der Waals surface area contributed by atoms with Crippen LogP contribution in [0.1, 0.15) is 149 Å². The summed E-state index contributed by atoms with van der Waals surface area (Å²) in [6.07, 6.45) is 61.0. The van der Waals surface area contributed by atoms with E-state index in [-0.39, 0.29) is 42.7 Å². The number of hydrogen-bond donors (Lipinski definition) is 1. The lowest BCUT2D eigenvalue weighted by atomic mass is 10.1. The van der Waals surface area contributed by atoms with Gasteiger partial charge in [-0.3, -0.25) is 9.59 Å². The zero-order valence-electron chi connectivity index (χ0n) is 39.5. The molecule has 0 saturated heterocycles. The molecular formula is C54H86NO7+. The first-order valence-electron chi connectivity index (χ1n) is 23.6. The van der Waals surface area contributed by atoms with Gasteiger partial charge >= 0.3 is 17.9 Å². The maximum absolute atomic E-state index is 12.8. The lowest BCUT2D eigenvalue weighted by Gasteiger charge is -2.31. The lowest BCUT2D eigenvalue weighted by Crippen LogP contribution is -2.50. The minimum absolute atomic E-state index is 0.0334. The Morgan fingerprint density at radius 2 is 0.935 bits per heavy atom. The number of aliphatic carboxylic acids is 1. The van der Waals surface area contributed by atoms with Crippen LogP contribution in [0.25, 0.3) is 0 Å². The van der Waals surface area contributed by atoms with Crippen LogP contribution in [0.3, 0.4) is 0 Å². The number of ether oxygens (including phenoxy) is 3. The summed E-state index contributed by atoms with van der Waals surface area (Å²) in [5.41, 5.74) is 0. The van der Waals surface area contributed by atoms with E-state index in [0.29, 0.717) is 12.8 Å². The quantitative estimate of drug-likeness (QED) is 0.0215. The maximum atomic E-state index is 12.8. The SMILES string of the molecule is CC/C=C/C=C/C=C/C=C/CCCCCCCC(=O)OCC(COCCC(C(=O)O)[N+](C)(C)C)OC(=O)CCCCCC/C=C/C/C=C/C/C=C/C/C=C/C/C=C/C/C=C/CC. The summed E-state index contributed by atoms with van der Waals surface area (Å²) in [5, 5.41) is 9.64. The normalized spacial score (nSPS) is 14.0. The van der Waals surface area contributed by atoms with E-state index >= 15 is 0 Å². The van der Waals surface area contributed by atoms with Crippen molar-refractivity contribution in [1.82, 2.24) is 0 Å². The first-order chi connectivity index (χ1) is 30.1. The standard InChI is InChI=1S/C54H85NO7/c1-6-8-10-12-14-16-18-20-22-23-24-25-26-27-28-29-31-33-35-37-39-41-43-45-53(57)62-50(48-60-47-46-51(54(58)59)55(3,4)5)49-61-52(56)44-42-40-38-36-34-32-30-21-19-17-15-13-11-9-7-2/h8-11,13-17,19-22,24-25,27-28,30-31,33,50-51H,6-7,12,18,23,26,29,32,34-49H2,1-5H3/p+1/b10-8+,11-9+,15-13+,16-14+,19-17+,22-20+,25-24+,28-27+,30-21+,33-31+. The van der Waals surface area contributed by atoms with E-state index in [0.717, 1.165) is 116 Å². The second kappa shape index (κ2) is 43.4. The minimum atomic E-state index is -0.889. The van der Waals surface area contributed by atoms with Gasteiger partial charge in [0.05, 0.1) is 34.4 Å². The van der Waals surface area contributed by atoms with Crippen LogP contribution in [0.2, 0.25) is 0 Å². The monoisotopic (exact) mass is 861 g/mol. The molecule has 0 aromatic heterocycles. The molecule has 0 rings (SSSR count). The number of carboxylic acid groups (broad SMARTS) is 1. The van der Waals surface area contributed by atoms with Crippen LogP contribution in [0.5, 0.6) is 0 Å². The number of allylic oxidation sites excluding steroid dienone is 20. The third kappa shape index (κ3) is 41.1. The average molecular weight is 861 g/mol. The molecule has 0 aliphatic rings. The predicted octanol–water partition coefficient (Wildman–Crippen LogP) is 13.4. The summed E-state index contributed by atoms with van der Waals surface area (Å²) in [6.45, 7) is 4.40. The van der Waals surface area contributed by atoms with E-state index in [2.05, 4.69) is 105 Å². The predicted molar refractivity (Wildman–Crippen MR) is 261 cm³/mol. The van der Waals surface area contributed by atoms with Crippen molar-refractivity contribution < 1.29 is 38.2 Å². The molecular weight excluding hydrogens is 775 g/mol. The summed E-state index contributed by atoms with van der Waals surface area (Å²) in [7, 11) is 5.50. The highest BCUT2D eigenvalue weighted by molar-refractivity contribution is 5.72. The van der Waals surface area contributed by atoms with Crippen LogP contribution >= 0.6 is 0 Å². The largest absolute Gasteiger partial charge is 0.477 e. The first kappa shape index (κ1) is 57.7. The number of esters is 2. The van der Waals surface area contributed by atoms with E-state index in [4.69, 9.17) is 14.2 Å². The van der Waals surface area contributed by atoms with Crippen LogP contribution < -0.4 is 0 Å². The Balaban J connectivity index is 4.42. The Morgan fingerprint density at radius 1 is 0.500 bits per heavy atom. The number of unbranched alkanes of at least 4 members (excludes halogenated alkanes) is 9. The molecule has 2 unspecified atom stereocenters. The number of likely N-dealkylation sites (N-methyl/N-ethyl adjacent to an activating group) is 1. The van der Waals surface area contributed by atoms with E-state index in [1.807, 2.05) is 51.5 Å². The fourth-order valence-electron chi connectivity index (χ4n) is 6.10. The molecule has 2 atom stereocenters. The van der Waals surface area contributed by atoms with E-state index < -0.39 is 18.1 Å². The minimum Gasteiger partial charge on any atom is -0.477 e. The molecule has 0 aromatic rings. The van der Waals surface area contributed by atoms with Gasteiger partial charge in [0.1, 0.15) is 6.61 Å². The highest BCUT2D eigenvalue weighted by atomic mass is 16.6. The summed E-state index contributed by atoms with van der Waals surface area (Å²) < 4.78 is 17.3. The molecule has 0 radical (unpaired) electrons. The van der Waals surface area contributed by atoms with Crippen LogP contribution in [-0.4, -0.2) is 80.6 Å². The van der Waals surface area contributed by atoms with E-state index in [1.165, 1.54) is 0 Å². The van der Waals surface area contributed by atoms with Crippen molar-refractivity contribution in [2.75, 3.05) is 41.0 Å². The number of carbonyl (C=O) groups is 3. The molecule has 0 aliphatic heterocycles. The zero-order chi connectivity index (χ0) is 45.6. The first-order valence-corrected chi connectivity index (χ1v) is 23.6. The number of hydrogen-bond acceptors (Lipinski definition) is 6. The Kier molecular flexibility index (Phi) is 40.4.